The highest BCUT2D eigenvalue weighted by molar-refractivity contribution is 5.38. The molecule has 1 N–H and O–H groups in total. The van der Waals surface area contributed by atoms with Crippen LogP contribution in [0.4, 0.5) is 4.39 Å². The first-order valence-electron chi connectivity index (χ1n) is 7.14. The van der Waals surface area contributed by atoms with Crippen LogP contribution in [0.1, 0.15) is 36.2 Å². The summed E-state index contributed by atoms with van der Waals surface area (Å²) in [7, 11) is 3.48. The normalized spacial score (nSPS) is 12.4. The highest BCUT2D eigenvalue weighted by atomic mass is 19.1. The zero-order valence-corrected chi connectivity index (χ0v) is 13.0. The van der Waals surface area contributed by atoms with Crippen LogP contribution in [0.25, 0.3) is 0 Å². The fourth-order valence-corrected chi connectivity index (χ4v) is 2.61. The first-order valence-corrected chi connectivity index (χ1v) is 7.14. The smallest absolute Gasteiger partial charge is 0.161 e. The maximum absolute atomic E-state index is 13.7. The lowest BCUT2D eigenvalue weighted by Gasteiger charge is -2.20. The van der Waals surface area contributed by atoms with Crippen molar-refractivity contribution >= 4 is 0 Å². The third-order valence-corrected chi connectivity index (χ3v) is 3.46. The van der Waals surface area contributed by atoms with Crippen LogP contribution in [0.5, 0.6) is 5.75 Å². The Morgan fingerprint density at radius 1 is 1.38 bits per heavy atom. The van der Waals surface area contributed by atoms with Gasteiger partial charge in [-0.05, 0) is 43.7 Å². The molecule has 1 aromatic carbocycles. The van der Waals surface area contributed by atoms with E-state index < -0.39 is 0 Å². The molecule has 0 aliphatic heterocycles. The zero-order chi connectivity index (χ0) is 15.4. The van der Waals surface area contributed by atoms with Gasteiger partial charge in [0.05, 0.1) is 19.3 Å². The van der Waals surface area contributed by atoms with E-state index >= 15 is 0 Å². The van der Waals surface area contributed by atoms with Crippen LogP contribution in [-0.4, -0.2) is 23.9 Å². The number of hydrogen-bond donors (Lipinski definition) is 1. The van der Waals surface area contributed by atoms with E-state index in [1.165, 1.54) is 6.07 Å². The minimum Gasteiger partial charge on any atom is -0.493 e. The van der Waals surface area contributed by atoms with Crippen molar-refractivity contribution in [3.8, 4) is 5.75 Å². The maximum Gasteiger partial charge on any atom is 0.161 e. The highest BCUT2D eigenvalue weighted by Gasteiger charge is 2.22. The number of aromatic nitrogens is 2. The summed E-state index contributed by atoms with van der Waals surface area (Å²) in [4.78, 5) is 0. The van der Waals surface area contributed by atoms with Gasteiger partial charge in [0.1, 0.15) is 11.5 Å². The summed E-state index contributed by atoms with van der Waals surface area (Å²) >= 11 is 0. The molecule has 0 amide bonds. The van der Waals surface area contributed by atoms with Gasteiger partial charge in [0.2, 0.25) is 0 Å². The quantitative estimate of drug-likeness (QED) is 0.889. The lowest BCUT2D eigenvalue weighted by Crippen LogP contribution is -2.22. The number of rotatable bonds is 6. The van der Waals surface area contributed by atoms with E-state index in [4.69, 9.17) is 4.74 Å². The molecule has 0 fully saturated rings. The predicted octanol–water partition coefficient (Wildman–Crippen LogP) is 3.06. The fourth-order valence-electron chi connectivity index (χ4n) is 2.61. The molecule has 0 spiro atoms. The number of ether oxygens (including phenoxy) is 1. The van der Waals surface area contributed by atoms with Gasteiger partial charge in [-0.15, -0.1) is 0 Å². The van der Waals surface area contributed by atoms with E-state index in [-0.39, 0.29) is 11.9 Å². The Morgan fingerprint density at radius 2 is 2.14 bits per heavy atom. The van der Waals surface area contributed by atoms with Gasteiger partial charge >= 0.3 is 0 Å². The van der Waals surface area contributed by atoms with Crippen LogP contribution >= 0.6 is 0 Å². The second kappa shape index (κ2) is 6.72. The van der Waals surface area contributed by atoms with Crippen molar-refractivity contribution in [2.75, 3.05) is 14.2 Å². The molecule has 2 rings (SSSR count). The molecule has 4 nitrogen and oxygen atoms in total. The third-order valence-electron chi connectivity index (χ3n) is 3.46. The second-order valence-electron chi connectivity index (χ2n) is 5.10. The molecule has 0 saturated carbocycles. The van der Waals surface area contributed by atoms with Crippen molar-refractivity contribution in [1.82, 2.24) is 15.1 Å². The van der Waals surface area contributed by atoms with Crippen LogP contribution < -0.4 is 10.1 Å². The molecule has 0 aliphatic carbocycles. The van der Waals surface area contributed by atoms with E-state index in [9.17, 15) is 4.39 Å². The van der Waals surface area contributed by atoms with E-state index in [1.54, 1.807) is 19.4 Å². The summed E-state index contributed by atoms with van der Waals surface area (Å²) in [6.45, 7) is 4.78. The first kappa shape index (κ1) is 15.5. The van der Waals surface area contributed by atoms with Crippen molar-refractivity contribution in [2.45, 2.75) is 32.9 Å². The second-order valence-corrected chi connectivity index (χ2v) is 5.10. The third kappa shape index (κ3) is 3.24. The Bertz CT molecular complexity index is 589. The monoisotopic (exact) mass is 291 g/mol. The number of benzene rings is 1. The number of methoxy groups -OCH3 is 1. The Balaban J connectivity index is 2.52. The molecular formula is C16H22FN3O. The summed E-state index contributed by atoms with van der Waals surface area (Å²) < 4.78 is 21.1. The van der Waals surface area contributed by atoms with E-state index in [2.05, 4.69) is 17.3 Å². The van der Waals surface area contributed by atoms with Gasteiger partial charge in [-0.25, -0.2) is 4.39 Å². The summed E-state index contributed by atoms with van der Waals surface area (Å²) in [5, 5.41) is 7.62. The van der Waals surface area contributed by atoms with Gasteiger partial charge in [-0.1, -0.05) is 13.0 Å². The number of nitrogens with one attached hydrogen (secondary N) is 1. The Labute approximate surface area is 124 Å². The van der Waals surface area contributed by atoms with Gasteiger partial charge in [-0.3, -0.25) is 4.68 Å². The molecule has 0 aliphatic rings. The molecular weight excluding hydrogens is 269 g/mol. The minimum absolute atomic E-state index is 0.164. The lowest BCUT2D eigenvalue weighted by molar-refractivity contribution is 0.400. The van der Waals surface area contributed by atoms with Gasteiger partial charge in [0.25, 0.3) is 0 Å². The van der Waals surface area contributed by atoms with Crippen molar-refractivity contribution < 1.29 is 9.13 Å². The van der Waals surface area contributed by atoms with Gasteiger partial charge in [0.15, 0.2) is 5.75 Å². The number of hydrogen-bond acceptors (Lipinski definition) is 3. The Morgan fingerprint density at radius 3 is 2.71 bits per heavy atom. The molecule has 0 saturated heterocycles. The fraction of sp³-hybridized carbons (Fsp3) is 0.438. The van der Waals surface area contributed by atoms with Crippen LogP contribution in [0.2, 0.25) is 0 Å². The molecule has 5 heteroatoms. The summed E-state index contributed by atoms with van der Waals surface area (Å²) in [6.07, 6.45) is 2.68. The highest BCUT2D eigenvalue weighted by Crippen LogP contribution is 2.30. The van der Waals surface area contributed by atoms with Gasteiger partial charge in [-0.2, -0.15) is 5.10 Å². The van der Waals surface area contributed by atoms with Crippen molar-refractivity contribution in [3.63, 3.8) is 0 Å². The van der Waals surface area contributed by atoms with E-state index in [0.29, 0.717) is 5.75 Å². The summed E-state index contributed by atoms with van der Waals surface area (Å²) in [5.74, 6) is 0.482. The first-order chi connectivity index (χ1) is 10.1. The largest absolute Gasteiger partial charge is 0.493 e. The number of nitrogens with zero attached hydrogens (tertiary/aromatic N) is 2. The molecule has 1 aromatic heterocycles. The number of halogens is 1. The predicted molar refractivity (Wildman–Crippen MR) is 81.1 cm³/mol. The zero-order valence-electron chi connectivity index (χ0n) is 13.0. The van der Waals surface area contributed by atoms with Crippen molar-refractivity contribution in [1.29, 1.82) is 0 Å². The molecule has 21 heavy (non-hydrogen) atoms. The standard InChI is InChI=1S/C16H22FN3O/c1-5-6-20-16(14(21-4)10-19-20)15(18-3)12-7-11(2)8-13(17)9-12/h7-10,15,18H,5-6H2,1-4H3. The SMILES string of the molecule is CCCn1ncc(OC)c1C(NC)c1cc(C)cc(F)c1. The average molecular weight is 291 g/mol. The molecule has 2 aromatic rings. The van der Waals surface area contributed by atoms with Gasteiger partial charge in [0, 0.05) is 6.54 Å². The summed E-state index contributed by atoms with van der Waals surface area (Å²) in [6, 6.07) is 4.89. The van der Waals surface area contributed by atoms with Gasteiger partial charge < -0.3 is 10.1 Å². The molecule has 0 radical (unpaired) electrons. The van der Waals surface area contributed by atoms with Crippen LogP contribution in [0.15, 0.2) is 24.4 Å². The molecule has 1 atom stereocenters. The molecule has 0 bridgehead atoms. The number of aryl methyl sites for hydroxylation is 2. The van der Waals surface area contributed by atoms with E-state index in [1.807, 2.05) is 24.7 Å². The molecule has 114 valence electrons. The minimum atomic E-state index is -0.231. The van der Waals surface area contributed by atoms with E-state index in [0.717, 1.165) is 29.8 Å². The van der Waals surface area contributed by atoms with Crippen LogP contribution in [0, 0.1) is 12.7 Å². The molecule has 1 unspecified atom stereocenters. The van der Waals surface area contributed by atoms with Crippen LogP contribution in [0.3, 0.4) is 0 Å². The Hall–Kier alpha value is -1.88. The van der Waals surface area contributed by atoms with Crippen molar-refractivity contribution in [2.24, 2.45) is 0 Å². The summed E-state index contributed by atoms with van der Waals surface area (Å²) in [5.41, 5.74) is 2.68. The average Bonchev–Trinajstić information content (AvgIpc) is 2.82. The lowest BCUT2D eigenvalue weighted by atomic mass is 10.0. The van der Waals surface area contributed by atoms with Crippen LogP contribution in [-0.2, 0) is 6.54 Å². The maximum atomic E-state index is 13.7. The molecule has 1 heterocycles. The topological polar surface area (TPSA) is 39.1 Å². The van der Waals surface area contributed by atoms with Crippen molar-refractivity contribution in [3.05, 3.63) is 47.0 Å². The Kier molecular flexibility index (Phi) is 4.96.